The zero-order valence-corrected chi connectivity index (χ0v) is 39.0. The molecule has 0 aliphatic rings. The summed E-state index contributed by atoms with van der Waals surface area (Å²) >= 11 is 0. The number of phosphoric acid groups is 1. The summed E-state index contributed by atoms with van der Waals surface area (Å²) in [5.74, 6) is -0.306. The van der Waals surface area contributed by atoms with Gasteiger partial charge in [-0.25, -0.2) is 4.57 Å². The molecular formula is C47H97NO7P+. The van der Waals surface area contributed by atoms with Gasteiger partial charge < -0.3 is 18.9 Å². The maximum atomic E-state index is 12.7. The van der Waals surface area contributed by atoms with Crippen LogP contribution >= 0.6 is 7.82 Å². The number of hydrogen-bond acceptors (Lipinski definition) is 6. The van der Waals surface area contributed by atoms with E-state index in [0.717, 1.165) is 32.1 Å². The lowest BCUT2D eigenvalue weighted by Crippen LogP contribution is -2.37. The van der Waals surface area contributed by atoms with Crippen LogP contribution in [0.15, 0.2) is 0 Å². The van der Waals surface area contributed by atoms with Crippen LogP contribution in [-0.4, -0.2) is 75.6 Å². The molecular weight excluding hydrogens is 721 g/mol. The van der Waals surface area contributed by atoms with Crippen LogP contribution in [0.5, 0.6) is 0 Å². The van der Waals surface area contributed by atoms with Gasteiger partial charge in [-0.05, 0) is 12.8 Å². The second-order valence-electron chi connectivity index (χ2n) is 17.9. The van der Waals surface area contributed by atoms with Crippen LogP contribution in [0.25, 0.3) is 0 Å². The van der Waals surface area contributed by atoms with Crippen molar-refractivity contribution < 1.29 is 37.3 Å². The van der Waals surface area contributed by atoms with E-state index in [9.17, 15) is 14.3 Å². The average Bonchev–Trinajstić information content (AvgIpc) is 3.15. The molecule has 0 aliphatic carbocycles. The fourth-order valence-electron chi connectivity index (χ4n) is 7.14. The first-order valence-corrected chi connectivity index (χ1v) is 25.8. The van der Waals surface area contributed by atoms with E-state index in [-0.39, 0.29) is 25.8 Å². The van der Waals surface area contributed by atoms with Crippen LogP contribution in [0.3, 0.4) is 0 Å². The van der Waals surface area contributed by atoms with Crippen molar-refractivity contribution in [3.8, 4) is 0 Å². The molecule has 1 N–H and O–H groups in total. The molecule has 2 atom stereocenters. The van der Waals surface area contributed by atoms with Gasteiger partial charge in [0.25, 0.3) is 0 Å². The molecule has 0 amide bonds. The zero-order valence-electron chi connectivity index (χ0n) is 38.2. The van der Waals surface area contributed by atoms with Crippen molar-refractivity contribution in [2.24, 2.45) is 0 Å². The Labute approximate surface area is 348 Å². The largest absolute Gasteiger partial charge is 0.472 e. The fourth-order valence-corrected chi connectivity index (χ4v) is 7.89. The zero-order chi connectivity index (χ0) is 41.3. The maximum absolute atomic E-state index is 12.7. The minimum atomic E-state index is -4.27. The van der Waals surface area contributed by atoms with Crippen LogP contribution in [-0.2, 0) is 27.9 Å². The summed E-state index contributed by atoms with van der Waals surface area (Å²) in [6, 6.07) is 0. The highest BCUT2D eigenvalue weighted by Crippen LogP contribution is 2.43. The van der Waals surface area contributed by atoms with E-state index in [1.165, 1.54) is 186 Å². The third-order valence-electron chi connectivity index (χ3n) is 10.9. The van der Waals surface area contributed by atoms with Gasteiger partial charge in [0.1, 0.15) is 19.3 Å². The van der Waals surface area contributed by atoms with E-state index < -0.39 is 13.9 Å². The number of rotatable bonds is 46. The summed E-state index contributed by atoms with van der Waals surface area (Å²) in [4.78, 5) is 22.9. The van der Waals surface area contributed by atoms with Crippen LogP contribution in [0.1, 0.15) is 239 Å². The number of ether oxygens (including phenoxy) is 2. The van der Waals surface area contributed by atoms with Crippen molar-refractivity contribution in [1.29, 1.82) is 0 Å². The van der Waals surface area contributed by atoms with Gasteiger partial charge in [-0.2, -0.15) is 0 Å². The van der Waals surface area contributed by atoms with Crippen molar-refractivity contribution in [3.63, 3.8) is 0 Å². The Morgan fingerprint density at radius 1 is 0.482 bits per heavy atom. The SMILES string of the molecule is CCCCCCCCCCCCCCCCCCCCCOCC(COP(=O)(O)OCC[N+](C)(C)C)OC(=O)CCCCCCCCCCCCCCCCC. The van der Waals surface area contributed by atoms with E-state index >= 15 is 0 Å². The van der Waals surface area contributed by atoms with Crippen LogP contribution in [0.2, 0.25) is 0 Å². The average molecular weight is 819 g/mol. The Bertz CT molecular complexity index is 868. The number of hydrogen-bond donors (Lipinski definition) is 1. The standard InChI is InChI=1S/C47H96NO7P/c1-6-8-10-12-14-16-18-20-22-23-24-25-27-29-31-33-35-37-39-42-52-44-46(45-54-56(50,51)53-43-41-48(3,4)5)55-47(49)40-38-36-34-32-30-28-26-21-19-17-15-13-11-9-7-2/h46H,6-45H2,1-5H3/p+1. The van der Waals surface area contributed by atoms with E-state index in [4.69, 9.17) is 18.5 Å². The van der Waals surface area contributed by atoms with Gasteiger partial charge in [-0.3, -0.25) is 13.8 Å². The Balaban J connectivity index is 4.11. The number of esters is 1. The van der Waals surface area contributed by atoms with Crippen molar-refractivity contribution in [1.82, 2.24) is 0 Å². The molecule has 0 aromatic rings. The van der Waals surface area contributed by atoms with Crippen LogP contribution in [0.4, 0.5) is 0 Å². The summed E-state index contributed by atoms with van der Waals surface area (Å²) in [7, 11) is 1.69. The third-order valence-corrected chi connectivity index (χ3v) is 11.9. The number of nitrogens with zero attached hydrogens (tertiary/aromatic N) is 1. The molecule has 2 unspecified atom stereocenters. The molecule has 0 heterocycles. The molecule has 0 fully saturated rings. The Morgan fingerprint density at radius 2 is 0.821 bits per heavy atom. The normalized spacial score (nSPS) is 13.6. The fraction of sp³-hybridized carbons (Fsp3) is 0.979. The molecule has 0 aromatic heterocycles. The van der Waals surface area contributed by atoms with Crippen molar-refractivity contribution in [3.05, 3.63) is 0 Å². The van der Waals surface area contributed by atoms with Crippen molar-refractivity contribution in [2.45, 2.75) is 245 Å². The van der Waals surface area contributed by atoms with Crippen molar-refractivity contribution >= 4 is 13.8 Å². The molecule has 0 saturated heterocycles. The number of carbonyl (C=O) groups excluding carboxylic acids is 1. The van der Waals surface area contributed by atoms with E-state index in [1.54, 1.807) is 0 Å². The lowest BCUT2D eigenvalue weighted by molar-refractivity contribution is -0.870. The molecule has 0 radical (unpaired) electrons. The molecule has 0 aliphatic heterocycles. The number of carbonyl (C=O) groups is 1. The minimum absolute atomic E-state index is 0.0941. The van der Waals surface area contributed by atoms with Crippen LogP contribution in [0, 0.1) is 0 Å². The highest BCUT2D eigenvalue weighted by molar-refractivity contribution is 7.47. The number of quaternary nitrogens is 1. The minimum Gasteiger partial charge on any atom is -0.457 e. The number of likely N-dealkylation sites (N-methyl/N-ethyl adjacent to an activating group) is 1. The molecule has 0 spiro atoms. The molecule has 0 saturated carbocycles. The molecule has 336 valence electrons. The summed E-state index contributed by atoms with van der Waals surface area (Å²) < 4.78 is 35.1. The van der Waals surface area contributed by atoms with Crippen LogP contribution < -0.4 is 0 Å². The third kappa shape index (κ3) is 44.6. The highest BCUT2D eigenvalue weighted by atomic mass is 31.2. The number of phosphoric ester groups is 1. The van der Waals surface area contributed by atoms with Gasteiger partial charge in [0.2, 0.25) is 0 Å². The molecule has 0 bridgehead atoms. The van der Waals surface area contributed by atoms with Gasteiger partial charge in [0, 0.05) is 13.0 Å². The Morgan fingerprint density at radius 3 is 1.18 bits per heavy atom. The second-order valence-corrected chi connectivity index (χ2v) is 19.3. The molecule has 8 nitrogen and oxygen atoms in total. The second kappa shape index (κ2) is 41.2. The maximum Gasteiger partial charge on any atom is 0.472 e. The quantitative estimate of drug-likeness (QED) is 0.0283. The lowest BCUT2D eigenvalue weighted by Gasteiger charge is -2.24. The smallest absolute Gasteiger partial charge is 0.457 e. The molecule has 9 heteroatoms. The molecule has 56 heavy (non-hydrogen) atoms. The summed E-state index contributed by atoms with van der Waals surface area (Å²) in [5, 5.41) is 0. The monoisotopic (exact) mass is 819 g/mol. The van der Waals surface area contributed by atoms with Gasteiger partial charge in [0.05, 0.1) is 34.4 Å². The van der Waals surface area contributed by atoms with E-state index in [0.29, 0.717) is 24.1 Å². The van der Waals surface area contributed by atoms with Gasteiger partial charge in [0.15, 0.2) is 0 Å². The topological polar surface area (TPSA) is 91.3 Å². The first kappa shape index (κ1) is 55.5. The first-order valence-electron chi connectivity index (χ1n) is 24.3. The summed E-state index contributed by atoms with van der Waals surface area (Å²) in [5.41, 5.74) is 0. The first-order chi connectivity index (χ1) is 27.1. The predicted molar refractivity (Wildman–Crippen MR) is 238 cm³/mol. The van der Waals surface area contributed by atoms with Crippen molar-refractivity contribution in [2.75, 3.05) is 54.1 Å². The Hall–Kier alpha value is -0.500. The summed E-state index contributed by atoms with van der Waals surface area (Å²) in [6.07, 6.45) is 44.2. The van der Waals surface area contributed by atoms with Gasteiger partial charge in [-0.1, -0.05) is 219 Å². The molecule has 0 aromatic carbocycles. The molecule has 0 rings (SSSR count). The summed E-state index contributed by atoms with van der Waals surface area (Å²) in [6.45, 7) is 5.69. The van der Waals surface area contributed by atoms with E-state index in [2.05, 4.69) is 13.8 Å². The van der Waals surface area contributed by atoms with Gasteiger partial charge >= 0.3 is 13.8 Å². The Kier molecular flexibility index (Phi) is 40.9. The van der Waals surface area contributed by atoms with E-state index in [1.807, 2.05) is 21.1 Å². The predicted octanol–water partition coefficient (Wildman–Crippen LogP) is 14.4. The lowest BCUT2D eigenvalue weighted by atomic mass is 10.0. The van der Waals surface area contributed by atoms with Gasteiger partial charge in [-0.15, -0.1) is 0 Å². The number of unbranched alkanes of at least 4 members (excludes halogenated alkanes) is 32. The highest BCUT2D eigenvalue weighted by Gasteiger charge is 2.26.